The third-order valence-electron chi connectivity index (χ3n) is 2.99. The molecule has 0 fully saturated rings. The normalized spacial score (nSPS) is 12.2. The van der Waals surface area contributed by atoms with E-state index in [-0.39, 0.29) is 11.7 Å². The van der Waals surface area contributed by atoms with Gasteiger partial charge in [0.2, 0.25) is 0 Å². The molecule has 1 atom stereocenters. The van der Waals surface area contributed by atoms with Crippen LogP contribution in [0.2, 0.25) is 0 Å². The highest BCUT2D eigenvalue weighted by atomic mass is 16.1. The number of nitrogens with one attached hydrogen (secondary N) is 2. The molecule has 2 aromatic heterocycles. The first-order valence-electron chi connectivity index (χ1n) is 6.07. The largest absolute Gasteiger partial charge is 0.364 e. The van der Waals surface area contributed by atoms with Gasteiger partial charge in [0.25, 0.3) is 0 Å². The lowest BCUT2D eigenvalue weighted by Gasteiger charge is -2.13. The Morgan fingerprint density at radius 2 is 2.00 bits per heavy atom. The number of carbonyl (C=O) groups is 2. The van der Waals surface area contributed by atoms with Crippen molar-refractivity contribution in [2.75, 3.05) is 0 Å². The molecule has 0 saturated heterocycles. The van der Waals surface area contributed by atoms with Gasteiger partial charge in [-0.1, -0.05) is 0 Å². The van der Waals surface area contributed by atoms with Crippen LogP contribution in [0.25, 0.3) is 0 Å². The number of unbranched alkanes of at least 4 members (excludes halogenated alkanes) is 1. The number of hydrogen-bond acceptors (Lipinski definition) is 2. The first kappa shape index (κ1) is 12.4. The first-order chi connectivity index (χ1) is 8.83. The van der Waals surface area contributed by atoms with Gasteiger partial charge in [-0.2, -0.15) is 0 Å². The highest BCUT2D eigenvalue weighted by Crippen LogP contribution is 2.24. The smallest absolute Gasteiger partial charge is 0.187 e. The van der Waals surface area contributed by atoms with E-state index < -0.39 is 0 Å². The number of carbonyl (C=O) groups excluding carboxylic acids is 2. The maximum Gasteiger partial charge on any atom is 0.187 e. The van der Waals surface area contributed by atoms with Crippen LogP contribution in [-0.2, 0) is 4.79 Å². The molecule has 0 bridgehead atoms. The molecule has 0 saturated carbocycles. The van der Waals surface area contributed by atoms with E-state index in [1.165, 1.54) is 0 Å². The van der Waals surface area contributed by atoms with Crippen LogP contribution < -0.4 is 0 Å². The molecule has 94 valence electrons. The van der Waals surface area contributed by atoms with Gasteiger partial charge in [0, 0.05) is 24.5 Å². The number of aromatic amines is 2. The predicted octanol–water partition coefficient (Wildman–Crippen LogP) is 2.68. The summed E-state index contributed by atoms with van der Waals surface area (Å²) in [6, 6.07) is 7.37. The Labute approximate surface area is 105 Å². The van der Waals surface area contributed by atoms with Crippen molar-refractivity contribution in [3.63, 3.8) is 0 Å². The van der Waals surface area contributed by atoms with Gasteiger partial charge >= 0.3 is 0 Å². The Morgan fingerprint density at radius 3 is 2.61 bits per heavy atom. The van der Waals surface area contributed by atoms with Gasteiger partial charge in [-0.15, -0.1) is 0 Å². The molecule has 0 aromatic carbocycles. The van der Waals surface area contributed by atoms with Crippen LogP contribution in [0, 0.1) is 0 Å². The minimum absolute atomic E-state index is 0.0633. The van der Waals surface area contributed by atoms with Gasteiger partial charge in [0.15, 0.2) is 5.78 Å². The molecule has 0 spiro atoms. The van der Waals surface area contributed by atoms with E-state index in [4.69, 9.17) is 0 Å². The van der Waals surface area contributed by atoms with Crippen molar-refractivity contribution in [1.29, 1.82) is 0 Å². The van der Waals surface area contributed by atoms with Gasteiger partial charge in [-0.3, -0.25) is 4.79 Å². The molecule has 0 radical (unpaired) electrons. The van der Waals surface area contributed by atoms with Crippen molar-refractivity contribution in [2.24, 2.45) is 0 Å². The molecule has 0 amide bonds. The van der Waals surface area contributed by atoms with Crippen LogP contribution in [0.15, 0.2) is 36.7 Å². The molecule has 0 aliphatic rings. The van der Waals surface area contributed by atoms with E-state index >= 15 is 0 Å². The number of H-pyrrole nitrogens is 2. The SMILES string of the molecule is O=CCCCC(C(=O)c1ccc[nH]1)c1ccc[nH]1. The third kappa shape index (κ3) is 2.77. The summed E-state index contributed by atoms with van der Waals surface area (Å²) in [5, 5.41) is 0. The Hall–Kier alpha value is -2.10. The lowest BCUT2D eigenvalue weighted by molar-refractivity contribution is -0.107. The maximum absolute atomic E-state index is 12.4. The lowest BCUT2D eigenvalue weighted by atomic mass is 9.92. The fraction of sp³-hybridized carbons (Fsp3) is 0.286. The zero-order chi connectivity index (χ0) is 12.8. The van der Waals surface area contributed by atoms with Crippen molar-refractivity contribution >= 4 is 12.1 Å². The second-order valence-corrected chi connectivity index (χ2v) is 4.22. The van der Waals surface area contributed by atoms with Gasteiger partial charge in [0.1, 0.15) is 6.29 Å². The number of hydrogen-bond donors (Lipinski definition) is 2. The molecule has 4 heteroatoms. The summed E-state index contributed by atoms with van der Waals surface area (Å²) in [4.78, 5) is 28.8. The van der Waals surface area contributed by atoms with Crippen LogP contribution in [0.5, 0.6) is 0 Å². The minimum atomic E-state index is -0.210. The quantitative estimate of drug-likeness (QED) is 0.447. The lowest BCUT2D eigenvalue weighted by Crippen LogP contribution is -2.14. The van der Waals surface area contributed by atoms with Crippen molar-refractivity contribution in [1.82, 2.24) is 9.97 Å². The molecule has 1 unspecified atom stereocenters. The Morgan fingerprint density at radius 1 is 1.22 bits per heavy atom. The van der Waals surface area contributed by atoms with E-state index in [9.17, 15) is 9.59 Å². The topological polar surface area (TPSA) is 65.7 Å². The first-order valence-corrected chi connectivity index (χ1v) is 6.07. The summed E-state index contributed by atoms with van der Waals surface area (Å²) < 4.78 is 0. The van der Waals surface area contributed by atoms with E-state index in [0.717, 1.165) is 18.4 Å². The van der Waals surface area contributed by atoms with Crippen LogP contribution >= 0.6 is 0 Å². The summed E-state index contributed by atoms with van der Waals surface area (Å²) in [5.74, 6) is -0.146. The zero-order valence-corrected chi connectivity index (χ0v) is 10.1. The summed E-state index contributed by atoms with van der Waals surface area (Å²) in [6.45, 7) is 0. The molecule has 2 N–H and O–H groups in total. The standard InChI is InChI=1S/C14H16N2O2/c17-10-2-1-5-11(12-6-3-8-15-12)14(18)13-7-4-9-16-13/h3-4,6-11,15-16H,1-2,5H2. The monoisotopic (exact) mass is 244 g/mol. The second-order valence-electron chi connectivity index (χ2n) is 4.22. The Bertz CT molecular complexity index is 486. The van der Waals surface area contributed by atoms with Gasteiger partial charge < -0.3 is 14.8 Å². The molecular weight excluding hydrogens is 228 g/mol. The van der Waals surface area contributed by atoms with Gasteiger partial charge in [0.05, 0.1) is 11.6 Å². The van der Waals surface area contributed by atoms with Crippen LogP contribution in [-0.4, -0.2) is 22.0 Å². The van der Waals surface area contributed by atoms with E-state index in [2.05, 4.69) is 9.97 Å². The Balaban J connectivity index is 2.14. The summed E-state index contributed by atoms with van der Waals surface area (Å²) in [7, 11) is 0. The molecule has 2 aromatic rings. The molecule has 0 aliphatic heterocycles. The molecular formula is C14H16N2O2. The van der Waals surface area contributed by atoms with Crippen LogP contribution in [0.4, 0.5) is 0 Å². The predicted molar refractivity (Wildman–Crippen MR) is 68.6 cm³/mol. The Kier molecular flexibility index (Phi) is 4.12. The van der Waals surface area contributed by atoms with Crippen molar-refractivity contribution in [3.8, 4) is 0 Å². The van der Waals surface area contributed by atoms with E-state index in [1.54, 1.807) is 12.3 Å². The summed E-state index contributed by atoms with van der Waals surface area (Å²) >= 11 is 0. The van der Waals surface area contributed by atoms with E-state index in [0.29, 0.717) is 18.5 Å². The van der Waals surface area contributed by atoms with Gasteiger partial charge in [-0.25, -0.2) is 0 Å². The fourth-order valence-electron chi connectivity index (χ4n) is 2.07. The van der Waals surface area contributed by atoms with Crippen molar-refractivity contribution in [2.45, 2.75) is 25.2 Å². The summed E-state index contributed by atoms with van der Waals surface area (Å²) in [5.41, 5.74) is 1.52. The number of Topliss-reactive ketones (excluding diaryl/α,β-unsaturated/α-hetero) is 1. The number of ketones is 1. The highest BCUT2D eigenvalue weighted by Gasteiger charge is 2.22. The second kappa shape index (κ2) is 6.00. The number of aromatic nitrogens is 2. The molecule has 18 heavy (non-hydrogen) atoms. The average molecular weight is 244 g/mol. The van der Waals surface area contributed by atoms with Crippen LogP contribution in [0.1, 0.15) is 41.4 Å². The fourth-order valence-corrected chi connectivity index (χ4v) is 2.07. The number of aldehydes is 1. The average Bonchev–Trinajstić information content (AvgIpc) is 3.05. The van der Waals surface area contributed by atoms with Gasteiger partial charge in [-0.05, 0) is 37.1 Å². The van der Waals surface area contributed by atoms with E-state index in [1.807, 2.05) is 24.4 Å². The zero-order valence-electron chi connectivity index (χ0n) is 10.1. The number of rotatable bonds is 7. The molecule has 4 nitrogen and oxygen atoms in total. The third-order valence-corrected chi connectivity index (χ3v) is 2.99. The van der Waals surface area contributed by atoms with Crippen LogP contribution in [0.3, 0.4) is 0 Å². The van der Waals surface area contributed by atoms with Crippen molar-refractivity contribution < 1.29 is 9.59 Å². The summed E-state index contributed by atoms with van der Waals surface area (Å²) in [6.07, 6.45) is 6.34. The van der Waals surface area contributed by atoms with Crippen molar-refractivity contribution in [3.05, 3.63) is 48.0 Å². The molecule has 0 aliphatic carbocycles. The minimum Gasteiger partial charge on any atom is -0.364 e. The molecule has 2 heterocycles. The maximum atomic E-state index is 12.4. The molecule has 2 rings (SSSR count). The highest BCUT2D eigenvalue weighted by molar-refractivity contribution is 5.99.